The third kappa shape index (κ3) is 7.71. The molecule has 0 aromatic carbocycles. The third-order valence-electron chi connectivity index (χ3n) is 5.79. The van der Waals surface area contributed by atoms with Gasteiger partial charge in [0.15, 0.2) is 0 Å². The predicted octanol–water partition coefficient (Wildman–Crippen LogP) is 7.48. The van der Waals surface area contributed by atoms with Crippen LogP contribution in [0, 0.1) is 35.0 Å². The monoisotopic (exact) mass is 306 g/mol. The number of hydrogen-bond donors (Lipinski definition) is 0. The lowest BCUT2D eigenvalue weighted by Crippen LogP contribution is -2.30. The van der Waals surface area contributed by atoms with Crippen LogP contribution in [0.25, 0.3) is 0 Å². The molecule has 0 spiro atoms. The molecular weight excluding hydrogens is 264 g/mol. The molecule has 0 heterocycles. The molecule has 0 N–H and O–H groups in total. The van der Waals surface area contributed by atoms with Crippen molar-refractivity contribution < 1.29 is 0 Å². The fourth-order valence-corrected chi connectivity index (χ4v) is 4.41. The number of unbranched alkanes of at least 4 members (excludes halogenated alkanes) is 1. The van der Waals surface area contributed by atoms with Crippen molar-refractivity contribution in [2.75, 3.05) is 0 Å². The Morgan fingerprint density at radius 2 is 1.64 bits per heavy atom. The lowest BCUT2D eigenvalue weighted by atomic mass is 9.64. The van der Waals surface area contributed by atoms with Crippen LogP contribution in [-0.2, 0) is 0 Å². The first-order valence-corrected chi connectivity index (χ1v) is 9.69. The van der Waals surface area contributed by atoms with Gasteiger partial charge in [0.05, 0.1) is 0 Å². The standard InChI is InChI=1S/C22H42/c1-9-13-14-15-20(19(5)6)17-21(7,8)18-22(11-3,12-4)16-10-2/h1,19-20H,10-18H2,2-8H3. The Morgan fingerprint density at radius 1 is 1.05 bits per heavy atom. The van der Waals surface area contributed by atoms with E-state index in [2.05, 4.69) is 54.4 Å². The van der Waals surface area contributed by atoms with E-state index >= 15 is 0 Å². The highest BCUT2D eigenvalue weighted by atomic mass is 14.4. The Morgan fingerprint density at radius 3 is 2.05 bits per heavy atom. The number of rotatable bonds is 12. The molecule has 0 radical (unpaired) electrons. The second-order valence-corrected chi connectivity index (χ2v) is 8.60. The van der Waals surface area contributed by atoms with E-state index in [9.17, 15) is 0 Å². The van der Waals surface area contributed by atoms with Gasteiger partial charge < -0.3 is 0 Å². The van der Waals surface area contributed by atoms with Crippen molar-refractivity contribution in [3.8, 4) is 12.3 Å². The SMILES string of the molecule is C#CCCCC(CC(C)(C)CC(CC)(CC)CCC)C(C)C. The molecule has 130 valence electrons. The number of hydrogen-bond acceptors (Lipinski definition) is 0. The van der Waals surface area contributed by atoms with E-state index in [1.807, 2.05) is 0 Å². The van der Waals surface area contributed by atoms with Gasteiger partial charge in [0.25, 0.3) is 0 Å². The average Bonchev–Trinajstić information content (AvgIpc) is 2.45. The smallest absolute Gasteiger partial charge is 0.00861 e. The summed E-state index contributed by atoms with van der Waals surface area (Å²) in [7, 11) is 0. The molecule has 1 unspecified atom stereocenters. The molecule has 0 heteroatoms. The van der Waals surface area contributed by atoms with Crippen LogP contribution in [0.15, 0.2) is 0 Å². The molecule has 0 aliphatic carbocycles. The van der Waals surface area contributed by atoms with Crippen LogP contribution in [0.2, 0.25) is 0 Å². The van der Waals surface area contributed by atoms with Gasteiger partial charge in [0.1, 0.15) is 0 Å². The highest BCUT2D eigenvalue weighted by molar-refractivity contribution is 4.87. The molecule has 22 heavy (non-hydrogen) atoms. The Kier molecular flexibility index (Phi) is 10.1. The molecule has 0 saturated carbocycles. The summed E-state index contributed by atoms with van der Waals surface area (Å²) in [6.45, 7) is 16.9. The second-order valence-electron chi connectivity index (χ2n) is 8.60. The zero-order chi connectivity index (χ0) is 17.2. The van der Waals surface area contributed by atoms with E-state index in [4.69, 9.17) is 6.42 Å². The minimum Gasteiger partial charge on any atom is -0.120 e. The molecule has 0 fully saturated rings. The molecule has 0 aliphatic rings. The zero-order valence-electron chi connectivity index (χ0n) is 16.6. The molecule has 1 atom stereocenters. The Hall–Kier alpha value is -0.440. The number of terminal acetylenes is 1. The van der Waals surface area contributed by atoms with Crippen LogP contribution in [0.3, 0.4) is 0 Å². The van der Waals surface area contributed by atoms with E-state index in [0.717, 1.165) is 18.3 Å². The van der Waals surface area contributed by atoms with E-state index in [0.29, 0.717) is 10.8 Å². The van der Waals surface area contributed by atoms with Crippen molar-refractivity contribution in [1.29, 1.82) is 0 Å². The van der Waals surface area contributed by atoms with Crippen molar-refractivity contribution in [1.82, 2.24) is 0 Å². The summed E-state index contributed by atoms with van der Waals surface area (Å²) in [4.78, 5) is 0. The average molecular weight is 307 g/mol. The van der Waals surface area contributed by atoms with Gasteiger partial charge in [-0.3, -0.25) is 0 Å². The quantitative estimate of drug-likeness (QED) is 0.259. The molecule has 0 aliphatic heterocycles. The molecule has 0 bridgehead atoms. The van der Waals surface area contributed by atoms with Gasteiger partial charge in [-0.25, -0.2) is 0 Å². The van der Waals surface area contributed by atoms with Gasteiger partial charge >= 0.3 is 0 Å². The van der Waals surface area contributed by atoms with Crippen LogP contribution in [0.1, 0.15) is 106 Å². The lowest BCUT2D eigenvalue weighted by molar-refractivity contribution is 0.0973. The second kappa shape index (κ2) is 10.4. The summed E-state index contributed by atoms with van der Waals surface area (Å²) >= 11 is 0. The van der Waals surface area contributed by atoms with E-state index < -0.39 is 0 Å². The summed E-state index contributed by atoms with van der Waals surface area (Å²) in [5, 5.41) is 0. The summed E-state index contributed by atoms with van der Waals surface area (Å²) in [5.41, 5.74) is 0.991. The molecule has 0 amide bonds. The van der Waals surface area contributed by atoms with Gasteiger partial charge in [-0.2, -0.15) is 0 Å². The first-order chi connectivity index (χ1) is 10.3. The third-order valence-corrected chi connectivity index (χ3v) is 5.79. The maximum Gasteiger partial charge on any atom is 0.00861 e. The lowest BCUT2D eigenvalue weighted by Gasteiger charge is -2.41. The predicted molar refractivity (Wildman–Crippen MR) is 102 cm³/mol. The van der Waals surface area contributed by atoms with Gasteiger partial charge in [-0.15, -0.1) is 12.3 Å². The van der Waals surface area contributed by atoms with Crippen molar-refractivity contribution >= 4 is 0 Å². The van der Waals surface area contributed by atoms with Gasteiger partial charge in [-0.1, -0.05) is 67.7 Å². The normalized spacial score (nSPS) is 14.1. The largest absolute Gasteiger partial charge is 0.120 e. The van der Waals surface area contributed by atoms with Crippen molar-refractivity contribution in [3.63, 3.8) is 0 Å². The first kappa shape index (κ1) is 21.6. The van der Waals surface area contributed by atoms with Crippen LogP contribution in [0.4, 0.5) is 0 Å². The highest BCUT2D eigenvalue weighted by Crippen LogP contribution is 2.46. The first-order valence-electron chi connectivity index (χ1n) is 9.69. The topological polar surface area (TPSA) is 0 Å². The van der Waals surface area contributed by atoms with Gasteiger partial charge in [0, 0.05) is 6.42 Å². The van der Waals surface area contributed by atoms with Crippen LogP contribution >= 0.6 is 0 Å². The molecule has 0 saturated heterocycles. The molecule has 0 nitrogen and oxygen atoms in total. The zero-order valence-corrected chi connectivity index (χ0v) is 16.6. The van der Waals surface area contributed by atoms with Crippen molar-refractivity contribution in [3.05, 3.63) is 0 Å². The summed E-state index contributed by atoms with van der Waals surface area (Å²) in [6, 6.07) is 0. The molecule has 0 aromatic rings. The fourth-order valence-electron chi connectivity index (χ4n) is 4.41. The summed E-state index contributed by atoms with van der Waals surface area (Å²) in [6.07, 6.45) is 16.9. The van der Waals surface area contributed by atoms with Crippen LogP contribution < -0.4 is 0 Å². The summed E-state index contributed by atoms with van der Waals surface area (Å²) in [5.74, 6) is 4.38. The van der Waals surface area contributed by atoms with Gasteiger partial charge in [0.2, 0.25) is 0 Å². The van der Waals surface area contributed by atoms with Crippen LogP contribution in [0.5, 0.6) is 0 Å². The summed E-state index contributed by atoms with van der Waals surface area (Å²) < 4.78 is 0. The Bertz CT molecular complexity index is 311. The minimum atomic E-state index is 0.437. The van der Waals surface area contributed by atoms with E-state index in [1.54, 1.807) is 0 Å². The molecule has 0 rings (SSSR count). The van der Waals surface area contributed by atoms with E-state index in [1.165, 1.54) is 51.4 Å². The van der Waals surface area contributed by atoms with Crippen molar-refractivity contribution in [2.24, 2.45) is 22.7 Å². The molecular formula is C22H42. The van der Waals surface area contributed by atoms with Gasteiger partial charge in [-0.05, 0) is 54.8 Å². The van der Waals surface area contributed by atoms with Crippen LogP contribution in [-0.4, -0.2) is 0 Å². The molecule has 0 aromatic heterocycles. The Labute approximate surface area is 141 Å². The minimum absolute atomic E-state index is 0.437. The maximum atomic E-state index is 5.42. The maximum absolute atomic E-state index is 5.42. The highest BCUT2D eigenvalue weighted by Gasteiger charge is 2.34. The van der Waals surface area contributed by atoms with E-state index in [-0.39, 0.29) is 0 Å². The van der Waals surface area contributed by atoms with Crippen molar-refractivity contribution in [2.45, 2.75) is 106 Å². The Balaban J connectivity index is 4.84. The fraction of sp³-hybridized carbons (Fsp3) is 0.909.